The van der Waals surface area contributed by atoms with Gasteiger partial charge in [-0.25, -0.2) is 39.9 Å². The van der Waals surface area contributed by atoms with Crippen LogP contribution in [-0.4, -0.2) is 63.1 Å². The van der Waals surface area contributed by atoms with Crippen LogP contribution in [0.1, 0.15) is 74.9 Å². The Morgan fingerprint density at radius 1 is 0.200 bits per heavy atom. The molecule has 0 radical (unpaired) electrons. The highest BCUT2D eigenvalue weighted by atomic mass is 32.1. The molecule has 0 bridgehead atoms. The van der Waals surface area contributed by atoms with Crippen LogP contribution in [0.25, 0.3) is 244 Å². The highest BCUT2D eigenvalue weighted by Crippen LogP contribution is 2.56. The highest BCUT2D eigenvalue weighted by Gasteiger charge is 2.44. The van der Waals surface area contributed by atoms with Crippen molar-refractivity contribution in [1.82, 2.24) is 63.1 Å². The number of para-hydroxylation sites is 10. The molecule has 3 aliphatic carbocycles. The zero-order chi connectivity index (χ0) is 100. The molecule has 9 heterocycles. The standard InChI is InChI=1S/C50H35N5.C44H30N4S.C42H30N4/c1-50(2)40-19-9-6-18-39(40)47-45(50)46(32-28-30-36(31-29-32)54-42-21-11-7-16-37(42)38-17-8-12-22-43(38)54)52-48(53-47)33-24-26-34(27-25-33)49-51-41-20-10-13-23-44(41)55(49)35-14-4-3-5-15-35;1-44(2)34-14-6-3-13-33(34)41-39(44)40(46-42(47-41)28-19-21-29(22-20-28)43-45-35-15-7-10-18-38(35)49-43)27-23-25-30(26-24-27)48-36-16-8-4-11-31(36)32-12-5-9-17-37(32)48;1-42(2)35-15-6-3-14-34(35)40-38(42)39(44-41(45-40)30-11-9-10-29(26-30)27-22-24-43-25-23-27)28-18-20-31(21-19-28)46-36-16-7-4-12-32(36)33-13-5-8-17-37(33)46/h3-31H,1-2H3;3-26H,1-2H3;3-26H,1-2H3. The zero-order valence-electron chi connectivity index (χ0n) is 83.2. The van der Waals surface area contributed by atoms with Crippen LogP contribution in [0.2, 0.25) is 0 Å². The van der Waals surface area contributed by atoms with Gasteiger partial charge in [-0.05, 0) is 155 Å². The molecule has 0 saturated carbocycles. The van der Waals surface area contributed by atoms with Crippen molar-refractivity contribution >= 4 is 98.0 Å². The number of imidazole rings is 1. The number of fused-ring (bicyclic) bond motifs is 20. The monoisotopic (exact) mass is 1940 g/mol. The summed E-state index contributed by atoms with van der Waals surface area (Å²) in [6.45, 7) is 13.8. The van der Waals surface area contributed by atoms with Crippen LogP contribution in [-0.2, 0) is 16.2 Å². The largest absolute Gasteiger partial charge is 0.309 e. The molecule has 27 aromatic rings. The van der Waals surface area contributed by atoms with E-state index in [1.54, 1.807) is 11.3 Å². The fraction of sp³-hybridized carbons (Fsp3) is 0.0662. The Labute approximate surface area is 870 Å². The third-order valence-electron chi connectivity index (χ3n) is 30.9. The van der Waals surface area contributed by atoms with Gasteiger partial charge in [0.15, 0.2) is 17.5 Å². The van der Waals surface area contributed by atoms with E-state index in [9.17, 15) is 0 Å². The smallest absolute Gasteiger partial charge is 0.160 e. The molecule has 14 heteroatoms. The average Bonchev–Trinajstić information content (AvgIpc) is 1.56. The van der Waals surface area contributed by atoms with Gasteiger partial charge in [-0.2, -0.15) is 0 Å². The Morgan fingerprint density at radius 2 is 0.507 bits per heavy atom. The third-order valence-corrected chi connectivity index (χ3v) is 32.0. The fourth-order valence-corrected chi connectivity index (χ4v) is 24.7. The van der Waals surface area contributed by atoms with Gasteiger partial charge < -0.3 is 13.7 Å². The summed E-state index contributed by atoms with van der Waals surface area (Å²) in [4.78, 5) is 46.2. The second kappa shape index (κ2) is 35.2. The molecular weight excluding hydrogens is 1850 g/mol. The molecule has 710 valence electrons. The van der Waals surface area contributed by atoms with Crippen LogP contribution in [0.15, 0.2) is 467 Å². The van der Waals surface area contributed by atoms with Gasteiger partial charge in [0.1, 0.15) is 10.8 Å². The van der Waals surface area contributed by atoms with E-state index < -0.39 is 0 Å². The van der Waals surface area contributed by atoms with Crippen LogP contribution >= 0.6 is 11.3 Å². The second-order valence-corrected chi connectivity index (χ2v) is 41.7. The predicted molar refractivity (Wildman–Crippen MR) is 616 cm³/mol. The number of pyridine rings is 1. The average molecular weight is 1940 g/mol. The molecule has 0 saturated heterocycles. The second-order valence-electron chi connectivity index (χ2n) is 40.7. The molecule has 0 amide bonds. The highest BCUT2D eigenvalue weighted by molar-refractivity contribution is 7.21. The van der Waals surface area contributed by atoms with Crippen molar-refractivity contribution in [3.05, 3.63) is 501 Å². The minimum atomic E-state index is -0.272. The summed E-state index contributed by atoms with van der Waals surface area (Å²) in [5.74, 6) is 3.05. The van der Waals surface area contributed by atoms with E-state index in [-0.39, 0.29) is 16.2 Å². The lowest BCUT2D eigenvalue weighted by molar-refractivity contribution is 0.657. The topological polar surface area (TPSA) is 136 Å². The van der Waals surface area contributed by atoms with Crippen molar-refractivity contribution < 1.29 is 0 Å². The number of hydrogen-bond acceptors (Lipinski definition) is 10. The maximum absolute atomic E-state index is 5.42. The molecular formula is C136H95N13S. The Bertz CT molecular complexity index is 9900. The maximum Gasteiger partial charge on any atom is 0.160 e. The van der Waals surface area contributed by atoms with E-state index in [1.807, 2.05) is 42.7 Å². The fourth-order valence-electron chi connectivity index (χ4n) is 23.7. The Hall–Kier alpha value is -18.9. The molecule has 30 rings (SSSR count). The molecule has 0 unspecified atom stereocenters. The Morgan fingerprint density at radius 3 is 0.907 bits per heavy atom. The van der Waals surface area contributed by atoms with Crippen molar-refractivity contribution in [2.75, 3.05) is 0 Å². The number of hydrogen-bond donors (Lipinski definition) is 0. The van der Waals surface area contributed by atoms with E-state index >= 15 is 0 Å². The normalized spacial score (nSPS) is 13.2. The van der Waals surface area contributed by atoms with Crippen molar-refractivity contribution in [1.29, 1.82) is 0 Å². The molecule has 0 N–H and O–H groups in total. The number of nitrogens with zero attached hydrogens (tertiary/aromatic N) is 13. The maximum atomic E-state index is 5.42. The summed E-state index contributed by atoms with van der Waals surface area (Å²) in [7, 11) is 0. The molecule has 0 fully saturated rings. The zero-order valence-corrected chi connectivity index (χ0v) is 84.0. The lowest BCUT2D eigenvalue weighted by Gasteiger charge is -2.24. The van der Waals surface area contributed by atoms with Gasteiger partial charge in [-0.15, -0.1) is 11.3 Å². The van der Waals surface area contributed by atoms with Crippen molar-refractivity contribution in [3.8, 4) is 158 Å². The molecule has 18 aromatic carbocycles. The van der Waals surface area contributed by atoms with Crippen LogP contribution in [0.3, 0.4) is 0 Å². The van der Waals surface area contributed by atoms with Crippen LogP contribution in [0.5, 0.6) is 0 Å². The predicted octanol–water partition coefficient (Wildman–Crippen LogP) is 34.0. The van der Waals surface area contributed by atoms with Gasteiger partial charge in [0.05, 0.1) is 88.5 Å². The van der Waals surface area contributed by atoms with Crippen LogP contribution in [0.4, 0.5) is 0 Å². The SMILES string of the molecule is CC1(C)c2ccccc2-c2nc(-c3ccc(-c4nc5ccccc5n4-c4ccccc4)cc3)nc(-c3ccc(-n4c5ccccc5c5ccccc54)cc3)c21.CC1(C)c2ccccc2-c2nc(-c3ccc(-c4nc5ccccc5s4)cc3)nc(-c3ccc(-n4c5ccccc5c5ccccc54)cc3)c21.CC1(C)c2ccccc2-c2nc(-c3cccc(-c4ccncc4)c3)nc(-c3ccc(-n4c5ccccc5c5ccccc54)cc3)c21. The molecule has 150 heavy (non-hydrogen) atoms. The van der Waals surface area contributed by atoms with E-state index in [1.165, 1.54) is 115 Å². The van der Waals surface area contributed by atoms with Crippen molar-refractivity contribution in [2.45, 2.75) is 57.8 Å². The van der Waals surface area contributed by atoms with Gasteiger partial charge in [0.2, 0.25) is 0 Å². The first-order chi connectivity index (χ1) is 73.7. The van der Waals surface area contributed by atoms with Crippen LogP contribution in [0, 0.1) is 0 Å². The van der Waals surface area contributed by atoms with Gasteiger partial charge in [0, 0.05) is 162 Å². The lowest BCUT2D eigenvalue weighted by atomic mass is 9.81. The summed E-state index contributed by atoms with van der Waals surface area (Å²) in [6, 6.07) is 161. The Kier molecular flexibility index (Phi) is 20.9. The van der Waals surface area contributed by atoms with E-state index in [2.05, 4.69) is 489 Å². The summed E-state index contributed by atoms with van der Waals surface area (Å²) < 4.78 is 10.5. The summed E-state index contributed by atoms with van der Waals surface area (Å²) in [6.07, 6.45) is 3.65. The van der Waals surface area contributed by atoms with Crippen molar-refractivity contribution in [3.63, 3.8) is 0 Å². The van der Waals surface area contributed by atoms with Gasteiger partial charge in [0.25, 0.3) is 0 Å². The number of aromatic nitrogens is 13. The molecule has 0 spiro atoms. The number of rotatable bonds is 13. The molecule has 9 aromatic heterocycles. The summed E-state index contributed by atoms with van der Waals surface area (Å²) in [5.41, 5.74) is 41.3. The third kappa shape index (κ3) is 14.5. The van der Waals surface area contributed by atoms with E-state index in [0.717, 1.165) is 157 Å². The first-order valence-electron chi connectivity index (χ1n) is 51.1. The first kappa shape index (κ1) is 88.8. The number of thiazole rings is 1. The van der Waals surface area contributed by atoms with Gasteiger partial charge >= 0.3 is 0 Å². The summed E-state index contributed by atoms with van der Waals surface area (Å²) >= 11 is 1.72. The molecule has 3 aliphatic rings. The van der Waals surface area contributed by atoms with Crippen LogP contribution < -0.4 is 0 Å². The van der Waals surface area contributed by atoms with E-state index in [0.29, 0.717) is 5.82 Å². The minimum absolute atomic E-state index is 0.246. The van der Waals surface area contributed by atoms with E-state index in [4.69, 9.17) is 39.9 Å². The number of benzene rings is 18. The minimum Gasteiger partial charge on any atom is -0.309 e. The molecule has 0 aliphatic heterocycles. The Balaban J connectivity index is 0.000000109. The quantitative estimate of drug-likeness (QED) is 0.111. The molecule has 13 nitrogen and oxygen atoms in total. The van der Waals surface area contributed by atoms with Crippen molar-refractivity contribution in [2.24, 2.45) is 0 Å². The lowest BCUT2D eigenvalue weighted by Crippen LogP contribution is -2.17. The first-order valence-corrected chi connectivity index (χ1v) is 51.9. The van der Waals surface area contributed by atoms with Gasteiger partial charge in [-0.3, -0.25) is 9.55 Å². The van der Waals surface area contributed by atoms with Gasteiger partial charge in [-0.1, -0.05) is 369 Å². The summed E-state index contributed by atoms with van der Waals surface area (Å²) in [5, 5.41) is 8.56. The molecule has 0 atom stereocenters.